The summed E-state index contributed by atoms with van der Waals surface area (Å²) in [5, 5.41) is 12.0. The van der Waals surface area contributed by atoms with Gasteiger partial charge in [0.2, 0.25) is 0 Å². The highest BCUT2D eigenvalue weighted by molar-refractivity contribution is 6.34. The molecule has 7 heteroatoms. The number of carbonyl (C=O) groups excluding carboxylic acids is 1. The van der Waals surface area contributed by atoms with Gasteiger partial charge in [-0.3, -0.25) is 0 Å². The van der Waals surface area contributed by atoms with Crippen LogP contribution in [0.5, 0.6) is 0 Å². The third-order valence-corrected chi connectivity index (χ3v) is 2.56. The Hall–Kier alpha value is -1.46. The van der Waals surface area contributed by atoms with E-state index in [2.05, 4.69) is 5.32 Å². The van der Waals surface area contributed by atoms with Gasteiger partial charge in [0.15, 0.2) is 6.04 Å². The van der Waals surface area contributed by atoms with E-state index in [-0.39, 0.29) is 15.6 Å². The van der Waals surface area contributed by atoms with E-state index in [1.54, 1.807) is 20.8 Å². The molecule has 1 aromatic carbocycles. The zero-order valence-corrected chi connectivity index (χ0v) is 14.7. The Bertz CT molecular complexity index is 507. The van der Waals surface area contributed by atoms with Gasteiger partial charge in [-0.2, -0.15) is 0 Å². The number of ether oxygens (including phenoxy) is 1. The second-order valence-electron chi connectivity index (χ2n) is 5.12. The molecular weight excluding hydrogens is 329 g/mol. The van der Waals surface area contributed by atoms with E-state index in [0.29, 0.717) is 0 Å². The lowest BCUT2D eigenvalue weighted by molar-refractivity contribution is -0.139. The van der Waals surface area contributed by atoms with E-state index < -0.39 is 23.7 Å². The molecule has 1 unspecified atom stereocenters. The molecule has 0 saturated heterocycles. The van der Waals surface area contributed by atoms with Gasteiger partial charge in [-0.15, -0.1) is 0 Å². The summed E-state index contributed by atoms with van der Waals surface area (Å²) in [6.07, 6.45) is -0.832. The smallest absolute Gasteiger partial charge is 0.408 e. The fourth-order valence-corrected chi connectivity index (χ4v) is 2.00. The largest absolute Gasteiger partial charge is 0.479 e. The number of halogens is 2. The van der Waals surface area contributed by atoms with Gasteiger partial charge in [0.1, 0.15) is 5.60 Å². The quantitative estimate of drug-likeness (QED) is 0.831. The van der Waals surface area contributed by atoms with Crippen molar-refractivity contribution in [3.05, 3.63) is 33.8 Å². The lowest BCUT2D eigenvalue weighted by Crippen LogP contribution is -2.38. The normalized spacial score (nSPS) is 11.8. The molecule has 124 valence electrons. The summed E-state index contributed by atoms with van der Waals surface area (Å²) in [7, 11) is 0. The Morgan fingerprint density at radius 2 is 1.59 bits per heavy atom. The van der Waals surface area contributed by atoms with Gasteiger partial charge in [-0.25, -0.2) is 9.59 Å². The minimum atomic E-state index is -1.29. The summed E-state index contributed by atoms with van der Waals surface area (Å²) in [5.41, 5.74) is -0.458. The Labute approximate surface area is 140 Å². The molecule has 0 aliphatic carbocycles. The first-order valence-corrected chi connectivity index (χ1v) is 7.52. The maximum Gasteiger partial charge on any atom is 0.408 e. The van der Waals surface area contributed by atoms with Crippen LogP contribution in [0.4, 0.5) is 4.79 Å². The highest BCUT2D eigenvalue weighted by Crippen LogP contribution is 2.24. The lowest BCUT2D eigenvalue weighted by Gasteiger charge is -2.22. The van der Waals surface area contributed by atoms with Crippen LogP contribution >= 0.6 is 23.2 Å². The zero-order chi connectivity index (χ0) is 17.5. The minimum absolute atomic E-state index is 0.265. The molecule has 0 aliphatic rings. The molecule has 0 aliphatic heterocycles. The Kier molecular flexibility index (Phi) is 8.27. The van der Waals surface area contributed by atoms with Crippen LogP contribution in [0.15, 0.2) is 18.2 Å². The number of rotatable bonds is 3. The molecule has 0 aromatic heterocycles. The van der Waals surface area contributed by atoms with Crippen LogP contribution in [0.25, 0.3) is 0 Å². The van der Waals surface area contributed by atoms with Crippen LogP contribution < -0.4 is 5.32 Å². The van der Waals surface area contributed by atoms with E-state index in [9.17, 15) is 14.7 Å². The van der Waals surface area contributed by atoms with Crippen LogP contribution in [-0.2, 0) is 9.53 Å². The Morgan fingerprint density at radius 3 is 1.95 bits per heavy atom. The van der Waals surface area contributed by atoms with E-state index in [1.165, 1.54) is 18.2 Å². The summed E-state index contributed by atoms with van der Waals surface area (Å²) >= 11 is 11.6. The van der Waals surface area contributed by atoms with Crippen molar-refractivity contribution in [1.82, 2.24) is 5.32 Å². The van der Waals surface area contributed by atoms with Gasteiger partial charge in [-0.1, -0.05) is 37.0 Å². The number of benzene rings is 1. The topological polar surface area (TPSA) is 75.6 Å². The molecule has 1 rings (SSSR count). The molecule has 22 heavy (non-hydrogen) atoms. The highest BCUT2D eigenvalue weighted by Gasteiger charge is 2.25. The van der Waals surface area contributed by atoms with Gasteiger partial charge < -0.3 is 15.2 Å². The average molecular weight is 350 g/mol. The van der Waals surface area contributed by atoms with Crippen molar-refractivity contribution >= 4 is 35.3 Å². The van der Waals surface area contributed by atoms with E-state index >= 15 is 0 Å². The van der Waals surface area contributed by atoms with Crippen molar-refractivity contribution in [2.75, 3.05) is 0 Å². The molecule has 1 amide bonds. The van der Waals surface area contributed by atoms with Crippen molar-refractivity contribution in [3.8, 4) is 0 Å². The van der Waals surface area contributed by atoms with Crippen LogP contribution in [0.2, 0.25) is 10.0 Å². The van der Waals surface area contributed by atoms with Gasteiger partial charge in [0.05, 0.1) is 0 Å². The molecule has 0 saturated carbocycles. The minimum Gasteiger partial charge on any atom is -0.479 e. The van der Waals surface area contributed by atoms with Crippen LogP contribution in [0.1, 0.15) is 46.2 Å². The predicted octanol–water partition coefficient (Wildman–Crippen LogP) is 4.67. The number of amides is 1. The van der Waals surface area contributed by atoms with E-state index in [4.69, 9.17) is 27.9 Å². The second kappa shape index (κ2) is 8.86. The van der Waals surface area contributed by atoms with Crippen molar-refractivity contribution in [3.63, 3.8) is 0 Å². The summed E-state index contributed by atoms with van der Waals surface area (Å²) in [4.78, 5) is 22.9. The highest BCUT2D eigenvalue weighted by atomic mass is 35.5. The predicted molar refractivity (Wildman–Crippen MR) is 87.6 cm³/mol. The van der Waals surface area contributed by atoms with E-state index in [1.807, 2.05) is 13.8 Å². The lowest BCUT2D eigenvalue weighted by atomic mass is 10.1. The first kappa shape index (κ1) is 20.5. The zero-order valence-electron chi connectivity index (χ0n) is 13.2. The van der Waals surface area contributed by atoms with E-state index in [0.717, 1.165) is 0 Å². The standard InChI is InChI=1S/C13H15Cl2NO4.C2H6/c1-13(2,3)20-12(19)16-10(11(17)18)7-4-8(14)6-9(15)5-7;1-2/h4-6,10H,1-3H3,(H,16,19)(H,17,18);1-2H3. The molecule has 1 aromatic rings. The first-order chi connectivity index (χ1) is 10.1. The van der Waals surface area contributed by atoms with Crippen molar-refractivity contribution < 1.29 is 19.4 Å². The number of alkyl carbamates (subject to hydrolysis) is 1. The third-order valence-electron chi connectivity index (χ3n) is 2.13. The van der Waals surface area contributed by atoms with Crippen LogP contribution in [0.3, 0.4) is 0 Å². The molecule has 0 bridgehead atoms. The maximum absolute atomic E-state index is 11.7. The van der Waals surface area contributed by atoms with Crippen molar-refractivity contribution in [2.24, 2.45) is 0 Å². The maximum atomic E-state index is 11.7. The van der Waals surface area contributed by atoms with Crippen molar-refractivity contribution in [1.29, 1.82) is 0 Å². The SMILES string of the molecule is CC.CC(C)(C)OC(=O)NC(C(=O)O)c1cc(Cl)cc(Cl)c1. The molecule has 0 heterocycles. The second-order valence-corrected chi connectivity index (χ2v) is 5.99. The summed E-state index contributed by atoms with van der Waals surface area (Å²) < 4.78 is 5.02. The van der Waals surface area contributed by atoms with Gasteiger partial charge >= 0.3 is 12.1 Å². The average Bonchev–Trinajstić information content (AvgIpc) is 2.34. The Morgan fingerprint density at radius 1 is 1.14 bits per heavy atom. The molecule has 0 spiro atoms. The third kappa shape index (κ3) is 7.52. The number of aliphatic carboxylic acids is 1. The molecule has 2 N–H and O–H groups in total. The molecule has 5 nitrogen and oxygen atoms in total. The van der Waals surface area contributed by atoms with Gasteiger partial charge in [0.25, 0.3) is 0 Å². The number of carboxylic acid groups (broad SMARTS) is 1. The molecule has 1 atom stereocenters. The summed E-state index contributed by atoms with van der Waals surface area (Å²) in [5.74, 6) is -1.24. The van der Waals surface area contributed by atoms with Gasteiger partial charge in [0, 0.05) is 10.0 Å². The monoisotopic (exact) mass is 349 g/mol. The van der Waals surface area contributed by atoms with Gasteiger partial charge in [-0.05, 0) is 44.5 Å². The number of nitrogens with one attached hydrogen (secondary N) is 1. The molecular formula is C15H21Cl2NO4. The fraction of sp³-hybridized carbons (Fsp3) is 0.467. The number of carbonyl (C=O) groups is 2. The fourth-order valence-electron chi connectivity index (χ4n) is 1.45. The van der Waals surface area contributed by atoms with Crippen LogP contribution in [0, 0.1) is 0 Å². The number of hydrogen-bond acceptors (Lipinski definition) is 3. The van der Waals surface area contributed by atoms with Crippen LogP contribution in [-0.4, -0.2) is 22.8 Å². The first-order valence-electron chi connectivity index (χ1n) is 6.77. The number of carboxylic acids is 1. The number of hydrogen-bond donors (Lipinski definition) is 2. The Balaban J connectivity index is 0.00000211. The molecule has 0 radical (unpaired) electrons. The summed E-state index contributed by atoms with van der Waals surface area (Å²) in [6.45, 7) is 9.04. The van der Waals surface area contributed by atoms with Crippen molar-refractivity contribution in [2.45, 2.75) is 46.3 Å². The molecule has 0 fully saturated rings. The summed E-state index contributed by atoms with van der Waals surface area (Å²) in [6, 6.07) is 3.02.